The van der Waals surface area contributed by atoms with Crippen molar-refractivity contribution in [1.82, 2.24) is 10.6 Å². The molecule has 0 bridgehead atoms. The van der Waals surface area contributed by atoms with Crippen molar-refractivity contribution in [3.8, 4) is 0 Å². The van der Waals surface area contributed by atoms with Crippen molar-refractivity contribution in [2.45, 2.75) is 70.8 Å². The number of carbonyl (C=O) groups excluding carboxylic acids is 1. The average molecular weight is 455 g/mol. The SMILES string of the molecule is Cc1sc(C)c(C(=O)NC2CCC(C(=O)O)CC2)c1Cc1ccc(C2CCNCC2)cc1. The molecular weight excluding hydrogens is 420 g/mol. The Morgan fingerprint density at radius 3 is 2.28 bits per heavy atom. The molecule has 0 atom stereocenters. The quantitative estimate of drug-likeness (QED) is 0.586. The fraction of sp³-hybridized carbons (Fsp3) is 0.538. The van der Waals surface area contributed by atoms with Gasteiger partial charge in [-0.25, -0.2) is 0 Å². The number of carboxylic acid groups (broad SMARTS) is 1. The first-order valence-electron chi connectivity index (χ1n) is 11.8. The van der Waals surface area contributed by atoms with Crippen LogP contribution in [0.2, 0.25) is 0 Å². The molecule has 32 heavy (non-hydrogen) atoms. The minimum absolute atomic E-state index is 0.00745. The fourth-order valence-corrected chi connectivity index (χ4v) is 6.32. The monoisotopic (exact) mass is 454 g/mol. The van der Waals surface area contributed by atoms with Crippen LogP contribution in [0.3, 0.4) is 0 Å². The van der Waals surface area contributed by atoms with E-state index in [0.29, 0.717) is 18.8 Å². The predicted molar refractivity (Wildman–Crippen MR) is 129 cm³/mol. The van der Waals surface area contributed by atoms with Gasteiger partial charge in [0, 0.05) is 15.8 Å². The summed E-state index contributed by atoms with van der Waals surface area (Å²) >= 11 is 1.69. The van der Waals surface area contributed by atoms with E-state index < -0.39 is 5.97 Å². The maximum Gasteiger partial charge on any atom is 0.306 e. The molecule has 1 aromatic heterocycles. The molecule has 0 unspecified atom stereocenters. The van der Waals surface area contributed by atoms with E-state index in [-0.39, 0.29) is 17.9 Å². The van der Waals surface area contributed by atoms with Crippen molar-refractivity contribution in [1.29, 1.82) is 0 Å². The second kappa shape index (κ2) is 10.2. The molecule has 2 heterocycles. The van der Waals surface area contributed by atoms with Gasteiger partial charge in [-0.15, -0.1) is 11.3 Å². The van der Waals surface area contributed by atoms with E-state index in [9.17, 15) is 14.7 Å². The average Bonchev–Trinajstić information content (AvgIpc) is 3.08. The van der Waals surface area contributed by atoms with Gasteiger partial charge in [-0.3, -0.25) is 9.59 Å². The van der Waals surface area contributed by atoms with Crippen molar-refractivity contribution >= 4 is 23.2 Å². The van der Waals surface area contributed by atoms with Crippen molar-refractivity contribution in [3.05, 3.63) is 56.3 Å². The first-order chi connectivity index (χ1) is 15.4. The molecule has 1 aliphatic heterocycles. The van der Waals surface area contributed by atoms with Gasteiger partial charge in [-0.05, 0) is 94.5 Å². The van der Waals surface area contributed by atoms with Crippen LogP contribution in [0, 0.1) is 19.8 Å². The number of rotatable bonds is 6. The zero-order valence-corrected chi connectivity index (χ0v) is 19.9. The van der Waals surface area contributed by atoms with Crippen LogP contribution in [-0.4, -0.2) is 36.1 Å². The minimum Gasteiger partial charge on any atom is -0.481 e. The first kappa shape index (κ1) is 23.0. The normalized spacial score (nSPS) is 21.9. The molecule has 0 radical (unpaired) electrons. The largest absolute Gasteiger partial charge is 0.481 e. The van der Waals surface area contributed by atoms with Crippen LogP contribution < -0.4 is 10.6 Å². The van der Waals surface area contributed by atoms with Gasteiger partial charge in [0.25, 0.3) is 5.91 Å². The molecule has 1 saturated carbocycles. The van der Waals surface area contributed by atoms with Gasteiger partial charge in [-0.1, -0.05) is 24.3 Å². The lowest BCUT2D eigenvalue weighted by Gasteiger charge is -2.27. The summed E-state index contributed by atoms with van der Waals surface area (Å²) < 4.78 is 0. The molecule has 5 nitrogen and oxygen atoms in total. The lowest BCUT2D eigenvalue weighted by Crippen LogP contribution is -2.39. The first-order valence-corrected chi connectivity index (χ1v) is 12.7. The standard InChI is InChI=1S/C26H34N2O3S/c1-16-23(15-18-3-5-19(6-4-18)20-11-13-27-14-12-20)24(17(2)32-16)25(29)28-22-9-7-21(8-10-22)26(30)31/h3-6,20-22,27H,7-15H2,1-2H3,(H,28,29)(H,30,31). The van der Waals surface area contributed by atoms with Crippen molar-refractivity contribution < 1.29 is 14.7 Å². The fourth-order valence-electron chi connectivity index (χ4n) is 5.25. The van der Waals surface area contributed by atoms with Crippen molar-refractivity contribution in [2.75, 3.05) is 13.1 Å². The summed E-state index contributed by atoms with van der Waals surface area (Å²) in [4.78, 5) is 26.7. The highest BCUT2D eigenvalue weighted by Gasteiger charge is 2.28. The van der Waals surface area contributed by atoms with E-state index in [1.165, 1.54) is 28.8 Å². The van der Waals surface area contributed by atoms with Crippen LogP contribution in [0.25, 0.3) is 0 Å². The van der Waals surface area contributed by atoms with Gasteiger partial charge >= 0.3 is 5.97 Å². The van der Waals surface area contributed by atoms with Crippen molar-refractivity contribution in [3.63, 3.8) is 0 Å². The number of aliphatic carboxylic acids is 1. The van der Waals surface area contributed by atoms with Crippen LogP contribution in [0.4, 0.5) is 0 Å². The summed E-state index contributed by atoms with van der Waals surface area (Å²) in [5.74, 6) is -0.343. The number of carbonyl (C=O) groups is 2. The van der Waals surface area contributed by atoms with E-state index in [1.807, 2.05) is 6.92 Å². The van der Waals surface area contributed by atoms with Gasteiger partial charge < -0.3 is 15.7 Å². The lowest BCUT2D eigenvalue weighted by atomic mass is 9.86. The maximum absolute atomic E-state index is 13.2. The Morgan fingerprint density at radius 1 is 1.00 bits per heavy atom. The topological polar surface area (TPSA) is 78.4 Å². The highest BCUT2D eigenvalue weighted by Crippen LogP contribution is 2.32. The minimum atomic E-state index is -0.715. The summed E-state index contributed by atoms with van der Waals surface area (Å²) in [6.45, 7) is 6.31. The maximum atomic E-state index is 13.2. The number of aryl methyl sites for hydroxylation is 2. The van der Waals surface area contributed by atoms with Crippen LogP contribution in [0.5, 0.6) is 0 Å². The van der Waals surface area contributed by atoms with Crippen LogP contribution in [0.1, 0.15) is 81.2 Å². The molecule has 2 aromatic rings. The molecule has 2 aliphatic rings. The summed E-state index contributed by atoms with van der Waals surface area (Å²) in [6, 6.07) is 9.04. The molecule has 0 spiro atoms. The summed E-state index contributed by atoms with van der Waals surface area (Å²) in [7, 11) is 0. The zero-order chi connectivity index (χ0) is 22.7. The van der Waals surface area contributed by atoms with Crippen LogP contribution >= 0.6 is 11.3 Å². The van der Waals surface area contributed by atoms with Gasteiger partial charge in [0.15, 0.2) is 0 Å². The Morgan fingerprint density at radius 2 is 1.66 bits per heavy atom. The third kappa shape index (κ3) is 5.24. The molecule has 1 aliphatic carbocycles. The number of thiophene rings is 1. The third-order valence-corrected chi connectivity index (χ3v) is 8.26. The second-order valence-electron chi connectivity index (χ2n) is 9.37. The lowest BCUT2D eigenvalue weighted by molar-refractivity contribution is -0.142. The van der Waals surface area contributed by atoms with E-state index in [0.717, 1.165) is 48.4 Å². The Labute approximate surface area is 194 Å². The van der Waals surface area contributed by atoms with E-state index in [1.54, 1.807) is 11.3 Å². The Kier molecular flexibility index (Phi) is 7.31. The number of amides is 1. The molecule has 1 amide bonds. The number of benzene rings is 1. The van der Waals surface area contributed by atoms with E-state index in [4.69, 9.17) is 0 Å². The summed E-state index contributed by atoms with van der Waals surface area (Å²) in [5, 5.41) is 15.8. The number of hydrogen-bond acceptors (Lipinski definition) is 4. The molecule has 2 fully saturated rings. The molecular formula is C26H34N2O3S. The van der Waals surface area contributed by atoms with E-state index in [2.05, 4.69) is 41.8 Å². The molecule has 1 aromatic carbocycles. The number of carboxylic acids is 1. The van der Waals surface area contributed by atoms with Crippen LogP contribution in [-0.2, 0) is 11.2 Å². The highest BCUT2D eigenvalue weighted by atomic mass is 32.1. The summed E-state index contributed by atoms with van der Waals surface area (Å²) in [6.07, 6.45) is 5.89. The molecule has 1 saturated heterocycles. The summed E-state index contributed by atoms with van der Waals surface area (Å²) in [5.41, 5.74) is 4.59. The molecule has 6 heteroatoms. The van der Waals surface area contributed by atoms with Crippen LogP contribution in [0.15, 0.2) is 24.3 Å². The Balaban J connectivity index is 1.44. The van der Waals surface area contributed by atoms with Gasteiger partial charge in [0.1, 0.15) is 0 Å². The third-order valence-electron chi connectivity index (χ3n) is 7.19. The van der Waals surface area contributed by atoms with Gasteiger partial charge in [-0.2, -0.15) is 0 Å². The highest BCUT2D eigenvalue weighted by molar-refractivity contribution is 7.12. The molecule has 3 N–H and O–H groups in total. The molecule has 4 rings (SSSR count). The Bertz CT molecular complexity index is 952. The predicted octanol–water partition coefficient (Wildman–Crippen LogP) is 4.80. The van der Waals surface area contributed by atoms with Gasteiger partial charge in [0.05, 0.1) is 11.5 Å². The number of nitrogens with one attached hydrogen (secondary N) is 2. The second-order valence-corrected chi connectivity index (χ2v) is 10.8. The number of piperidine rings is 1. The Hall–Kier alpha value is -2.18. The van der Waals surface area contributed by atoms with Crippen molar-refractivity contribution in [2.24, 2.45) is 5.92 Å². The zero-order valence-electron chi connectivity index (χ0n) is 19.1. The van der Waals surface area contributed by atoms with E-state index >= 15 is 0 Å². The smallest absolute Gasteiger partial charge is 0.306 e. The van der Waals surface area contributed by atoms with Gasteiger partial charge in [0.2, 0.25) is 0 Å². The number of hydrogen-bond donors (Lipinski definition) is 3. The molecule has 172 valence electrons.